The minimum atomic E-state index is -0.110. The minimum Gasteiger partial charge on any atom is -0.373 e. The zero-order valence-corrected chi connectivity index (χ0v) is 17.1. The third kappa shape index (κ3) is 6.02. The highest BCUT2D eigenvalue weighted by molar-refractivity contribution is 5.93. The summed E-state index contributed by atoms with van der Waals surface area (Å²) in [5.74, 6) is -0.108. The quantitative estimate of drug-likeness (QED) is 0.781. The first kappa shape index (κ1) is 20.8. The van der Waals surface area contributed by atoms with Gasteiger partial charge in [0.25, 0.3) is 0 Å². The molecule has 2 heterocycles. The van der Waals surface area contributed by atoms with E-state index in [1.165, 1.54) is 6.92 Å². The zero-order chi connectivity index (χ0) is 20.1. The summed E-state index contributed by atoms with van der Waals surface area (Å²) in [4.78, 5) is 28.4. The lowest BCUT2D eigenvalue weighted by molar-refractivity contribution is -0.118. The van der Waals surface area contributed by atoms with Crippen LogP contribution >= 0.6 is 0 Å². The third-order valence-electron chi connectivity index (χ3n) is 5.30. The number of benzene rings is 1. The lowest BCUT2D eigenvalue weighted by atomic mass is 10.1. The Labute approximate surface area is 167 Å². The van der Waals surface area contributed by atoms with Crippen LogP contribution in [0.1, 0.15) is 33.6 Å². The predicted molar refractivity (Wildman–Crippen MR) is 110 cm³/mol. The maximum Gasteiger partial charge on any atom is 0.238 e. The number of carbonyl (C=O) groups excluding carboxylic acids is 2. The van der Waals surface area contributed by atoms with E-state index in [0.717, 1.165) is 50.4 Å². The maximum atomic E-state index is 12.5. The standard InChI is InChI=1S/C21H32N4O3/c1-15-11-24(12-16(2)28-15)13-20-5-4-10-25(20)14-21(27)23-19-8-6-18(7-9-19)22-17(3)26/h6-9,15-16,20H,4-5,10-14H2,1-3H3,(H,22,26)(H,23,27). The molecule has 154 valence electrons. The van der Waals surface area contributed by atoms with Gasteiger partial charge >= 0.3 is 0 Å². The van der Waals surface area contributed by atoms with Crippen molar-refractivity contribution in [2.45, 2.75) is 51.9 Å². The van der Waals surface area contributed by atoms with E-state index in [1.54, 1.807) is 24.3 Å². The van der Waals surface area contributed by atoms with Crippen molar-refractivity contribution in [3.63, 3.8) is 0 Å². The fourth-order valence-corrected chi connectivity index (χ4v) is 4.27. The number of hydrogen-bond acceptors (Lipinski definition) is 5. The molecule has 0 bridgehead atoms. The van der Waals surface area contributed by atoms with Gasteiger partial charge in [0.05, 0.1) is 18.8 Å². The van der Waals surface area contributed by atoms with Gasteiger partial charge in [-0.15, -0.1) is 0 Å². The van der Waals surface area contributed by atoms with E-state index in [0.29, 0.717) is 12.6 Å². The average molecular weight is 389 g/mol. The van der Waals surface area contributed by atoms with Crippen molar-refractivity contribution in [2.75, 3.05) is 43.4 Å². The van der Waals surface area contributed by atoms with Crippen molar-refractivity contribution in [2.24, 2.45) is 0 Å². The summed E-state index contributed by atoms with van der Waals surface area (Å²) >= 11 is 0. The molecule has 7 nitrogen and oxygen atoms in total. The molecule has 1 aromatic carbocycles. The van der Waals surface area contributed by atoms with Crippen molar-refractivity contribution in [3.05, 3.63) is 24.3 Å². The fourth-order valence-electron chi connectivity index (χ4n) is 4.27. The number of ether oxygens (including phenoxy) is 1. The van der Waals surface area contributed by atoms with Crippen LogP contribution in [0.25, 0.3) is 0 Å². The summed E-state index contributed by atoms with van der Waals surface area (Å²) in [6, 6.07) is 7.61. The zero-order valence-electron chi connectivity index (χ0n) is 17.1. The molecule has 3 rings (SSSR count). The number of amides is 2. The average Bonchev–Trinajstić information content (AvgIpc) is 3.02. The number of morpholine rings is 1. The molecule has 0 aromatic heterocycles. The van der Waals surface area contributed by atoms with Crippen LogP contribution in [-0.2, 0) is 14.3 Å². The molecule has 2 aliphatic rings. The van der Waals surface area contributed by atoms with E-state index in [2.05, 4.69) is 34.3 Å². The first-order valence-corrected chi connectivity index (χ1v) is 10.2. The monoisotopic (exact) mass is 388 g/mol. The van der Waals surface area contributed by atoms with Gasteiger partial charge in [-0.05, 0) is 57.5 Å². The molecular formula is C21H32N4O3. The van der Waals surface area contributed by atoms with E-state index in [4.69, 9.17) is 4.74 Å². The molecule has 2 saturated heterocycles. The molecule has 1 aromatic rings. The van der Waals surface area contributed by atoms with Crippen LogP contribution in [0, 0.1) is 0 Å². The lowest BCUT2D eigenvalue weighted by Crippen LogP contribution is -2.50. The van der Waals surface area contributed by atoms with Gasteiger partial charge in [-0.3, -0.25) is 19.4 Å². The summed E-state index contributed by atoms with van der Waals surface area (Å²) in [7, 11) is 0. The molecule has 0 spiro atoms. The highest BCUT2D eigenvalue weighted by Gasteiger charge is 2.30. The third-order valence-corrected chi connectivity index (χ3v) is 5.30. The number of anilines is 2. The second-order valence-corrected chi connectivity index (χ2v) is 8.05. The van der Waals surface area contributed by atoms with Gasteiger partial charge in [-0.2, -0.15) is 0 Å². The van der Waals surface area contributed by atoms with Crippen LogP contribution in [0.5, 0.6) is 0 Å². The summed E-state index contributed by atoms with van der Waals surface area (Å²) in [6.45, 7) is 10.0. The van der Waals surface area contributed by atoms with Crippen molar-refractivity contribution < 1.29 is 14.3 Å². The summed E-state index contributed by atoms with van der Waals surface area (Å²) < 4.78 is 5.83. The van der Waals surface area contributed by atoms with E-state index in [-0.39, 0.29) is 24.0 Å². The lowest BCUT2D eigenvalue weighted by Gasteiger charge is -2.38. The molecule has 2 N–H and O–H groups in total. The molecule has 0 saturated carbocycles. The number of rotatable bonds is 6. The first-order valence-electron chi connectivity index (χ1n) is 10.2. The van der Waals surface area contributed by atoms with Gasteiger partial charge in [-0.25, -0.2) is 0 Å². The Hall–Kier alpha value is -1.96. The Kier molecular flexibility index (Phi) is 7.04. The Morgan fingerprint density at radius 3 is 2.29 bits per heavy atom. The van der Waals surface area contributed by atoms with Gasteiger partial charge in [0.15, 0.2) is 0 Å². The maximum absolute atomic E-state index is 12.5. The molecule has 7 heteroatoms. The van der Waals surface area contributed by atoms with Crippen LogP contribution < -0.4 is 10.6 Å². The molecule has 2 aliphatic heterocycles. The topological polar surface area (TPSA) is 73.9 Å². The van der Waals surface area contributed by atoms with Crippen LogP contribution in [0.3, 0.4) is 0 Å². The highest BCUT2D eigenvalue weighted by atomic mass is 16.5. The smallest absolute Gasteiger partial charge is 0.238 e. The van der Waals surface area contributed by atoms with Gasteiger partial charge in [0.2, 0.25) is 11.8 Å². The highest BCUT2D eigenvalue weighted by Crippen LogP contribution is 2.21. The molecule has 3 unspecified atom stereocenters. The van der Waals surface area contributed by atoms with Gasteiger partial charge < -0.3 is 15.4 Å². The minimum absolute atomic E-state index is 0.00268. The number of hydrogen-bond donors (Lipinski definition) is 2. The summed E-state index contributed by atoms with van der Waals surface area (Å²) in [5.41, 5.74) is 1.46. The van der Waals surface area contributed by atoms with Crippen LogP contribution in [-0.4, -0.2) is 72.6 Å². The van der Waals surface area contributed by atoms with Gasteiger partial charge in [0, 0.05) is 44.0 Å². The molecule has 0 radical (unpaired) electrons. The Balaban J connectivity index is 1.49. The van der Waals surface area contributed by atoms with Crippen molar-refractivity contribution in [3.8, 4) is 0 Å². The summed E-state index contributed by atoms with van der Waals surface area (Å²) in [6.07, 6.45) is 2.81. The molecule has 3 atom stereocenters. The second kappa shape index (κ2) is 9.49. The summed E-state index contributed by atoms with van der Waals surface area (Å²) in [5, 5.41) is 5.68. The van der Waals surface area contributed by atoms with Crippen molar-refractivity contribution in [1.82, 2.24) is 9.80 Å². The largest absolute Gasteiger partial charge is 0.373 e. The van der Waals surface area contributed by atoms with E-state index in [1.807, 2.05) is 0 Å². The van der Waals surface area contributed by atoms with E-state index >= 15 is 0 Å². The molecule has 0 aliphatic carbocycles. The number of likely N-dealkylation sites (tertiary alicyclic amines) is 1. The number of nitrogens with zero attached hydrogens (tertiary/aromatic N) is 2. The molecular weight excluding hydrogens is 356 g/mol. The molecule has 2 amide bonds. The van der Waals surface area contributed by atoms with Crippen LogP contribution in [0.4, 0.5) is 11.4 Å². The Morgan fingerprint density at radius 2 is 1.68 bits per heavy atom. The van der Waals surface area contributed by atoms with Gasteiger partial charge in [0.1, 0.15) is 0 Å². The van der Waals surface area contributed by atoms with E-state index < -0.39 is 0 Å². The number of nitrogens with one attached hydrogen (secondary N) is 2. The van der Waals surface area contributed by atoms with Gasteiger partial charge in [-0.1, -0.05) is 0 Å². The molecule has 28 heavy (non-hydrogen) atoms. The predicted octanol–water partition coefficient (Wildman–Crippen LogP) is 2.16. The van der Waals surface area contributed by atoms with Crippen molar-refractivity contribution >= 4 is 23.2 Å². The number of carbonyl (C=O) groups is 2. The van der Waals surface area contributed by atoms with Crippen molar-refractivity contribution in [1.29, 1.82) is 0 Å². The SMILES string of the molecule is CC(=O)Nc1ccc(NC(=O)CN2CCCC2CN2CC(C)OC(C)C2)cc1. The van der Waals surface area contributed by atoms with E-state index in [9.17, 15) is 9.59 Å². The van der Waals surface area contributed by atoms with Crippen LogP contribution in [0.2, 0.25) is 0 Å². The Bertz CT molecular complexity index is 669. The first-order chi connectivity index (χ1) is 13.4. The molecule has 2 fully saturated rings. The second-order valence-electron chi connectivity index (χ2n) is 8.05. The van der Waals surface area contributed by atoms with Crippen LogP contribution in [0.15, 0.2) is 24.3 Å². The fraction of sp³-hybridized carbons (Fsp3) is 0.619. The normalized spacial score (nSPS) is 26.2. The Morgan fingerprint density at radius 1 is 1.07 bits per heavy atom.